The first-order valence-corrected chi connectivity index (χ1v) is 7.87. The lowest BCUT2D eigenvalue weighted by atomic mass is 9.91. The number of methoxy groups -OCH3 is 1. The van der Waals surface area contributed by atoms with Crippen LogP contribution in [0.3, 0.4) is 0 Å². The number of ether oxygens (including phenoxy) is 1. The van der Waals surface area contributed by atoms with Crippen molar-refractivity contribution in [2.24, 2.45) is 11.8 Å². The van der Waals surface area contributed by atoms with Crippen molar-refractivity contribution in [1.29, 1.82) is 0 Å². The summed E-state index contributed by atoms with van der Waals surface area (Å²) in [6.45, 7) is 10.1. The Morgan fingerprint density at radius 1 is 1.10 bits per heavy atom. The fraction of sp³-hybridized carbons (Fsp3) is 0.667. The zero-order valence-electron chi connectivity index (χ0n) is 13.8. The highest BCUT2D eigenvalue weighted by molar-refractivity contribution is 5.28. The summed E-state index contributed by atoms with van der Waals surface area (Å²) in [6.07, 6.45) is 3.71. The van der Waals surface area contributed by atoms with E-state index in [1.54, 1.807) is 7.11 Å². The van der Waals surface area contributed by atoms with Gasteiger partial charge in [-0.1, -0.05) is 46.2 Å². The molecule has 0 heterocycles. The highest BCUT2D eigenvalue weighted by Gasteiger charge is 2.12. The molecular weight excluding hydrogens is 246 g/mol. The Hall–Kier alpha value is -1.02. The van der Waals surface area contributed by atoms with Crippen LogP contribution in [0.4, 0.5) is 0 Å². The summed E-state index contributed by atoms with van der Waals surface area (Å²) in [7, 11) is 1.73. The van der Waals surface area contributed by atoms with Crippen molar-refractivity contribution in [2.75, 3.05) is 13.7 Å². The first-order chi connectivity index (χ1) is 9.51. The molecule has 0 aliphatic rings. The summed E-state index contributed by atoms with van der Waals surface area (Å²) in [5.41, 5.74) is 1.38. The molecule has 0 saturated carbocycles. The fourth-order valence-corrected chi connectivity index (χ4v) is 2.38. The van der Waals surface area contributed by atoms with Crippen LogP contribution in [0, 0.1) is 11.8 Å². The standard InChI is InChI=1S/C18H31NO/c1-14(2)9-10-17(13-19-15(3)4)11-16-7-6-8-18(12-16)20-5/h6-8,12,14-15,17,19H,9-11,13H2,1-5H3. The van der Waals surface area contributed by atoms with Crippen LogP contribution in [0.25, 0.3) is 0 Å². The minimum atomic E-state index is 0.557. The van der Waals surface area contributed by atoms with Gasteiger partial charge < -0.3 is 10.1 Å². The van der Waals surface area contributed by atoms with Gasteiger partial charge >= 0.3 is 0 Å². The quantitative estimate of drug-likeness (QED) is 0.727. The molecule has 0 aromatic heterocycles. The van der Waals surface area contributed by atoms with Crippen LogP contribution in [0.5, 0.6) is 5.75 Å². The maximum atomic E-state index is 5.32. The highest BCUT2D eigenvalue weighted by atomic mass is 16.5. The molecule has 1 aromatic carbocycles. The Balaban J connectivity index is 2.61. The summed E-state index contributed by atoms with van der Waals surface area (Å²) in [6, 6.07) is 9.03. The molecule has 0 bridgehead atoms. The summed E-state index contributed by atoms with van der Waals surface area (Å²) in [4.78, 5) is 0. The average molecular weight is 277 g/mol. The van der Waals surface area contributed by atoms with Crippen molar-refractivity contribution in [3.63, 3.8) is 0 Å². The smallest absolute Gasteiger partial charge is 0.119 e. The van der Waals surface area contributed by atoms with Gasteiger partial charge in [-0.3, -0.25) is 0 Å². The van der Waals surface area contributed by atoms with Gasteiger partial charge in [-0.2, -0.15) is 0 Å². The minimum Gasteiger partial charge on any atom is -0.497 e. The minimum absolute atomic E-state index is 0.557. The lowest BCUT2D eigenvalue weighted by molar-refractivity contribution is 0.384. The zero-order valence-corrected chi connectivity index (χ0v) is 13.8. The molecule has 1 N–H and O–H groups in total. The van der Waals surface area contributed by atoms with Gasteiger partial charge in [-0.15, -0.1) is 0 Å². The summed E-state index contributed by atoms with van der Waals surface area (Å²) in [5.74, 6) is 2.44. The Kier molecular flexibility index (Phi) is 7.68. The molecule has 0 aliphatic carbocycles. The van der Waals surface area contributed by atoms with Crippen LogP contribution < -0.4 is 10.1 Å². The van der Waals surface area contributed by atoms with E-state index < -0.39 is 0 Å². The lowest BCUT2D eigenvalue weighted by Crippen LogP contribution is -2.30. The van der Waals surface area contributed by atoms with Crippen molar-refractivity contribution in [1.82, 2.24) is 5.32 Å². The number of benzene rings is 1. The summed E-state index contributed by atoms with van der Waals surface area (Å²) >= 11 is 0. The van der Waals surface area contributed by atoms with Gasteiger partial charge in [-0.05, 0) is 48.9 Å². The van der Waals surface area contributed by atoms with Crippen molar-refractivity contribution >= 4 is 0 Å². The Bertz CT molecular complexity index is 361. The Labute approximate surface area is 124 Å². The maximum absolute atomic E-state index is 5.32. The van der Waals surface area contributed by atoms with Crippen LogP contribution in [-0.2, 0) is 6.42 Å². The topological polar surface area (TPSA) is 21.3 Å². The van der Waals surface area contributed by atoms with Gasteiger partial charge in [0.05, 0.1) is 7.11 Å². The summed E-state index contributed by atoms with van der Waals surface area (Å²) < 4.78 is 5.32. The van der Waals surface area contributed by atoms with Crippen LogP contribution in [0.15, 0.2) is 24.3 Å². The van der Waals surface area contributed by atoms with Gasteiger partial charge in [0, 0.05) is 6.04 Å². The van der Waals surface area contributed by atoms with Crippen molar-refractivity contribution in [3.05, 3.63) is 29.8 Å². The van der Waals surface area contributed by atoms with E-state index in [1.165, 1.54) is 18.4 Å². The van der Waals surface area contributed by atoms with Crippen LogP contribution in [-0.4, -0.2) is 19.7 Å². The average Bonchev–Trinajstić information content (AvgIpc) is 2.41. The number of hydrogen-bond donors (Lipinski definition) is 1. The second-order valence-corrected chi connectivity index (χ2v) is 6.46. The Morgan fingerprint density at radius 3 is 2.45 bits per heavy atom. The van der Waals surface area contributed by atoms with Crippen molar-refractivity contribution in [3.8, 4) is 5.75 Å². The van der Waals surface area contributed by atoms with E-state index in [0.717, 1.165) is 24.6 Å². The second kappa shape index (κ2) is 9.02. The fourth-order valence-electron chi connectivity index (χ4n) is 2.38. The third-order valence-electron chi connectivity index (χ3n) is 3.63. The number of rotatable bonds is 9. The molecule has 1 rings (SSSR count). The van der Waals surface area contributed by atoms with Crippen molar-refractivity contribution in [2.45, 2.75) is 53.0 Å². The predicted octanol–water partition coefficient (Wildman–Crippen LogP) is 4.29. The molecule has 0 saturated heterocycles. The molecule has 1 atom stereocenters. The number of hydrogen-bond acceptors (Lipinski definition) is 2. The van der Waals surface area contributed by atoms with E-state index in [9.17, 15) is 0 Å². The van der Waals surface area contributed by atoms with Gasteiger partial charge in [0.1, 0.15) is 5.75 Å². The van der Waals surface area contributed by atoms with E-state index in [2.05, 4.69) is 51.2 Å². The Morgan fingerprint density at radius 2 is 1.85 bits per heavy atom. The van der Waals surface area contributed by atoms with Crippen LogP contribution in [0.1, 0.15) is 46.1 Å². The van der Waals surface area contributed by atoms with Crippen LogP contribution >= 0.6 is 0 Å². The molecule has 2 heteroatoms. The molecule has 0 fully saturated rings. The largest absolute Gasteiger partial charge is 0.497 e. The van der Waals surface area contributed by atoms with Gasteiger partial charge in [0.2, 0.25) is 0 Å². The molecule has 0 aliphatic heterocycles. The molecule has 0 radical (unpaired) electrons. The van der Waals surface area contributed by atoms with Gasteiger partial charge in [0.15, 0.2) is 0 Å². The number of nitrogens with one attached hydrogen (secondary N) is 1. The van der Waals surface area contributed by atoms with E-state index in [-0.39, 0.29) is 0 Å². The van der Waals surface area contributed by atoms with Crippen LogP contribution in [0.2, 0.25) is 0 Å². The maximum Gasteiger partial charge on any atom is 0.119 e. The van der Waals surface area contributed by atoms with E-state index in [4.69, 9.17) is 4.74 Å². The first kappa shape index (κ1) is 17.0. The van der Waals surface area contributed by atoms with Gasteiger partial charge in [-0.25, -0.2) is 0 Å². The predicted molar refractivity (Wildman–Crippen MR) is 87.4 cm³/mol. The molecule has 114 valence electrons. The SMILES string of the molecule is COc1cccc(CC(CCC(C)C)CNC(C)C)c1. The molecule has 0 amide bonds. The molecule has 0 spiro atoms. The van der Waals surface area contributed by atoms with E-state index in [0.29, 0.717) is 12.0 Å². The summed E-state index contributed by atoms with van der Waals surface area (Å²) in [5, 5.41) is 3.59. The third kappa shape index (κ3) is 6.95. The molecular formula is C18H31NO. The molecule has 1 aromatic rings. The highest BCUT2D eigenvalue weighted by Crippen LogP contribution is 2.20. The molecule has 20 heavy (non-hydrogen) atoms. The first-order valence-electron chi connectivity index (χ1n) is 7.87. The van der Waals surface area contributed by atoms with E-state index in [1.807, 2.05) is 6.07 Å². The molecule has 1 unspecified atom stereocenters. The molecule has 2 nitrogen and oxygen atoms in total. The van der Waals surface area contributed by atoms with Gasteiger partial charge in [0.25, 0.3) is 0 Å². The zero-order chi connectivity index (χ0) is 15.0. The second-order valence-electron chi connectivity index (χ2n) is 6.46. The third-order valence-corrected chi connectivity index (χ3v) is 3.63. The monoisotopic (exact) mass is 277 g/mol. The van der Waals surface area contributed by atoms with E-state index >= 15 is 0 Å². The van der Waals surface area contributed by atoms with Crippen molar-refractivity contribution < 1.29 is 4.74 Å². The normalized spacial score (nSPS) is 12.9. The lowest BCUT2D eigenvalue weighted by Gasteiger charge is -2.20.